The molecule has 1 amide bonds. The van der Waals surface area contributed by atoms with E-state index in [0.29, 0.717) is 17.9 Å². The van der Waals surface area contributed by atoms with Gasteiger partial charge in [-0.25, -0.2) is 0 Å². The second-order valence-corrected chi connectivity index (χ2v) is 5.08. The molecule has 2 N–H and O–H groups in total. The maximum absolute atomic E-state index is 10.9. The summed E-state index contributed by atoms with van der Waals surface area (Å²) in [5.41, 5.74) is 0.543. The van der Waals surface area contributed by atoms with E-state index in [2.05, 4.69) is 17.6 Å². The van der Waals surface area contributed by atoms with Gasteiger partial charge in [-0.05, 0) is 24.7 Å². The molecule has 14 heavy (non-hydrogen) atoms. The Morgan fingerprint density at radius 3 is 2.86 bits per heavy atom. The number of rotatable bonds is 3. The van der Waals surface area contributed by atoms with Gasteiger partial charge in [-0.3, -0.25) is 4.79 Å². The highest BCUT2D eigenvalue weighted by Crippen LogP contribution is 2.39. The van der Waals surface area contributed by atoms with Crippen LogP contribution in [0.4, 0.5) is 0 Å². The van der Waals surface area contributed by atoms with Crippen LogP contribution in [0.25, 0.3) is 0 Å². The van der Waals surface area contributed by atoms with Crippen molar-refractivity contribution in [3.8, 4) is 0 Å². The smallest absolute Gasteiger partial charge is 0.220 e. The standard InChI is InChI=1S/C11H20N2O/c1-11(5-2-6-11)8-13-9-3-4-10(14)12-7-9/h9,13H,2-8H2,1H3,(H,12,14). The van der Waals surface area contributed by atoms with Crippen LogP contribution in [0.3, 0.4) is 0 Å². The third-order valence-electron chi connectivity index (χ3n) is 3.64. The minimum atomic E-state index is 0.206. The summed E-state index contributed by atoms with van der Waals surface area (Å²) < 4.78 is 0. The molecule has 1 aliphatic carbocycles. The van der Waals surface area contributed by atoms with E-state index in [0.717, 1.165) is 19.5 Å². The Kier molecular flexibility index (Phi) is 2.77. The highest BCUT2D eigenvalue weighted by Gasteiger charge is 2.32. The maximum Gasteiger partial charge on any atom is 0.220 e. The van der Waals surface area contributed by atoms with Gasteiger partial charge < -0.3 is 10.6 Å². The summed E-state index contributed by atoms with van der Waals surface area (Å²) in [5.74, 6) is 0.206. The predicted octanol–water partition coefficient (Wildman–Crippen LogP) is 1.04. The van der Waals surface area contributed by atoms with E-state index >= 15 is 0 Å². The first-order chi connectivity index (χ1) is 6.68. The second-order valence-electron chi connectivity index (χ2n) is 5.08. The Morgan fingerprint density at radius 2 is 2.36 bits per heavy atom. The lowest BCUT2D eigenvalue weighted by molar-refractivity contribution is -0.122. The molecule has 2 rings (SSSR count). The normalized spacial score (nSPS) is 30.6. The number of hydrogen-bond acceptors (Lipinski definition) is 2. The Balaban J connectivity index is 1.68. The molecule has 2 fully saturated rings. The Morgan fingerprint density at radius 1 is 1.57 bits per heavy atom. The van der Waals surface area contributed by atoms with Crippen LogP contribution >= 0.6 is 0 Å². The van der Waals surface area contributed by atoms with Crippen LogP contribution in [-0.2, 0) is 4.79 Å². The van der Waals surface area contributed by atoms with Gasteiger partial charge in [0, 0.05) is 25.6 Å². The van der Waals surface area contributed by atoms with E-state index in [9.17, 15) is 4.79 Å². The Labute approximate surface area is 85.6 Å². The molecule has 3 heteroatoms. The minimum absolute atomic E-state index is 0.206. The summed E-state index contributed by atoms with van der Waals surface area (Å²) in [6, 6.07) is 0.505. The fourth-order valence-corrected chi connectivity index (χ4v) is 2.25. The van der Waals surface area contributed by atoms with Gasteiger partial charge in [0.1, 0.15) is 0 Å². The SMILES string of the molecule is CC1(CNC2CCC(=O)NC2)CCC1. The lowest BCUT2D eigenvalue weighted by Crippen LogP contribution is -2.49. The van der Waals surface area contributed by atoms with Crippen molar-refractivity contribution in [3.63, 3.8) is 0 Å². The third kappa shape index (κ3) is 2.27. The van der Waals surface area contributed by atoms with Crippen LogP contribution in [0.1, 0.15) is 39.0 Å². The minimum Gasteiger partial charge on any atom is -0.355 e. The third-order valence-corrected chi connectivity index (χ3v) is 3.64. The summed E-state index contributed by atoms with van der Waals surface area (Å²) in [7, 11) is 0. The van der Waals surface area contributed by atoms with E-state index in [4.69, 9.17) is 0 Å². The topological polar surface area (TPSA) is 41.1 Å². The van der Waals surface area contributed by atoms with Crippen LogP contribution < -0.4 is 10.6 Å². The summed E-state index contributed by atoms with van der Waals surface area (Å²) in [5, 5.41) is 6.47. The second kappa shape index (κ2) is 3.89. The number of hydrogen-bond donors (Lipinski definition) is 2. The molecule has 0 radical (unpaired) electrons. The number of carbonyl (C=O) groups excluding carboxylic acids is 1. The van der Waals surface area contributed by atoms with Crippen molar-refractivity contribution in [1.29, 1.82) is 0 Å². The first-order valence-corrected chi connectivity index (χ1v) is 5.68. The highest BCUT2D eigenvalue weighted by molar-refractivity contribution is 5.76. The fourth-order valence-electron chi connectivity index (χ4n) is 2.25. The van der Waals surface area contributed by atoms with Crippen molar-refractivity contribution in [3.05, 3.63) is 0 Å². The van der Waals surface area contributed by atoms with Crippen molar-refractivity contribution in [2.75, 3.05) is 13.1 Å². The van der Waals surface area contributed by atoms with Crippen LogP contribution in [0.2, 0.25) is 0 Å². The summed E-state index contributed by atoms with van der Waals surface area (Å²) in [4.78, 5) is 10.9. The molecule has 1 atom stereocenters. The number of carbonyl (C=O) groups is 1. The largest absolute Gasteiger partial charge is 0.355 e. The van der Waals surface area contributed by atoms with E-state index in [-0.39, 0.29) is 5.91 Å². The molecular formula is C11H20N2O. The highest BCUT2D eigenvalue weighted by atomic mass is 16.1. The van der Waals surface area contributed by atoms with E-state index in [1.165, 1.54) is 19.3 Å². The first kappa shape index (κ1) is 9.97. The fraction of sp³-hybridized carbons (Fsp3) is 0.909. The maximum atomic E-state index is 10.9. The molecule has 1 saturated carbocycles. The van der Waals surface area contributed by atoms with Crippen molar-refractivity contribution in [2.45, 2.75) is 45.1 Å². The van der Waals surface area contributed by atoms with E-state index < -0.39 is 0 Å². The molecule has 2 aliphatic rings. The zero-order valence-corrected chi connectivity index (χ0v) is 8.94. The molecule has 1 heterocycles. The average Bonchev–Trinajstić information content (AvgIpc) is 2.14. The molecule has 1 aliphatic heterocycles. The quantitative estimate of drug-likeness (QED) is 0.708. The summed E-state index contributed by atoms with van der Waals surface area (Å²) in [6.45, 7) is 4.29. The molecule has 0 bridgehead atoms. The zero-order chi connectivity index (χ0) is 10.0. The monoisotopic (exact) mass is 196 g/mol. The molecule has 1 unspecified atom stereocenters. The van der Waals surface area contributed by atoms with Gasteiger partial charge in [0.15, 0.2) is 0 Å². The molecule has 0 spiro atoms. The van der Waals surface area contributed by atoms with Gasteiger partial charge in [0.25, 0.3) is 0 Å². The lowest BCUT2D eigenvalue weighted by atomic mass is 9.70. The van der Waals surface area contributed by atoms with Gasteiger partial charge >= 0.3 is 0 Å². The first-order valence-electron chi connectivity index (χ1n) is 5.68. The van der Waals surface area contributed by atoms with Gasteiger partial charge in [-0.2, -0.15) is 0 Å². The molecular weight excluding hydrogens is 176 g/mol. The van der Waals surface area contributed by atoms with Crippen molar-refractivity contribution < 1.29 is 4.79 Å². The van der Waals surface area contributed by atoms with Crippen molar-refractivity contribution in [2.24, 2.45) is 5.41 Å². The molecule has 3 nitrogen and oxygen atoms in total. The average molecular weight is 196 g/mol. The Bertz CT molecular complexity index is 213. The number of piperidine rings is 1. The van der Waals surface area contributed by atoms with Gasteiger partial charge in [-0.1, -0.05) is 13.3 Å². The van der Waals surface area contributed by atoms with Gasteiger partial charge in [0.2, 0.25) is 5.91 Å². The van der Waals surface area contributed by atoms with Crippen molar-refractivity contribution in [1.82, 2.24) is 10.6 Å². The Hall–Kier alpha value is -0.570. The molecule has 0 aromatic rings. The number of nitrogens with one attached hydrogen (secondary N) is 2. The molecule has 80 valence electrons. The molecule has 0 aromatic heterocycles. The summed E-state index contributed by atoms with van der Waals surface area (Å²) in [6.07, 6.45) is 5.80. The summed E-state index contributed by atoms with van der Waals surface area (Å²) >= 11 is 0. The zero-order valence-electron chi connectivity index (χ0n) is 8.94. The van der Waals surface area contributed by atoms with E-state index in [1.807, 2.05) is 0 Å². The van der Waals surface area contributed by atoms with Gasteiger partial charge in [-0.15, -0.1) is 0 Å². The van der Waals surface area contributed by atoms with Gasteiger partial charge in [0.05, 0.1) is 0 Å². The van der Waals surface area contributed by atoms with Crippen LogP contribution in [0, 0.1) is 5.41 Å². The number of amides is 1. The van der Waals surface area contributed by atoms with Crippen molar-refractivity contribution >= 4 is 5.91 Å². The van der Waals surface area contributed by atoms with E-state index in [1.54, 1.807) is 0 Å². The van der Waals surface area contributed by atoms with Crippen LogP contribution in [0.15, 0.2) is 0 Å². The molecule has 1 saturated heterocycles. The predicted molar refractivity (Wildman–Crippen MR) is 56.0 cm³/mol. The lowest BCUT2D eigenvalue weighted by Gasteiger charge is -2.40. The molecule has 0 aromatic carbocycles. The van der Waals surface area contributed by atoms with Crippen LogP contribution in [-0.4, -0.2) is 25.0 Å². The van der Waals surface area contributed by atoms with Crippen LogP contribution in [0.5, 0.6) is 0 Å².